The molecule has 1 N–H and O–H groups in total. The smallest absolute Gasteiger partial charge is 0.324 e. The van der Waals surface area contributed by atoms with E-state index in [0.29, 0.717) is 12.1 Å². The Kier molecular flexibility index (Phi) is 7.64. The van der Waals surface area contributed by atoms with Gasteiger partial charge in [-0.2, -0.15) is 0 Å². The number of rotatable bonds is 6. The van der Waals surface area contributed by atoms with E-state index >= 15 is 0 Å². The summed E-state index contributed by atoms with van der Waals surface area (Å²) < 4.78 is 0. The van der Waals surface area contributed by atoms with Crippen molar-refractivity contribution in [1.82, 2.24) is 4.98 Å². The molecule has 12 heteroatoms. The van der Waals surface area contributed by atoms with Crippen molar-refractivity contribution in [1.29, 1.82) is 0 Å². The Morgan fingerprint density at radius 2 is 1.65 bits per heavy atom. The highest BCUT2D eigenvalue weighted by Crippen LogP contribution is 2.38. The lowest BCUT2D eigenvalue weighted by molar-refractivity contribution is -0.404. The second-order valence-electron chi connectivity index (χ2n) is 4.37. The third-order valence-corrected chi connectivity index (χ3v) is 3.59. The maximum atomic E-state index is 10.4. The number of non-ortho nitro benzene ring substituents is 1. The Balaban J connectivity index is 0.000000289. The number of hydrogen-bond donors (Lipinski definition) is 1. The lowest BCUT2D eigenvalue weighted by Crippen LogP contribution is -1.97. The van der Waals surface area contributed by atoms with Gasteiger partial charge in [-0.15, -0.1) is 18.3 Å². The predicted molar refractivity (Wildman–Crippen MR) is 93.2 cm³/mol. The summed E-state index contributed by atoms with van der Waals surface area (Å²) >= 11 is 1.69. The van der Waals surface area contributed by atoms with Crippen LogP contribution < -0.4 is 0 Å². The second-order valence-corrected chi connectivity index (χ2v) is 5.41. The fraction of sp³-hybridized carbons (Fsp3) is 0.0714. The highest BCUT2D eigenvalue weighted by Gasteiger charge is 2.30. The molecular formula is C14H12N4O7S. The summed E-state index contributed by atoms with van der Waals surface area (Å²) in [6.07, 6.45) is 3.67. The number of nitro benzene ring substituents is 3. The largest absolute Gasteiger partial charge is 0.497 e. The molecule has 0 radical (unpaired) electrons. The number of benzene rings is 1. The van der Waals surface area contributed by atoms with E-state index in [0.717, 1.165) is 10.8 Å². The van der Waals surface area contributed by atoms with Crippen molar-refractivity contribution in [3.8, 4) is 5.75 Å². The molecule has 11 nitrogen and oxygen atoms in total. The highest BCUT2D eigenvalue weighted by molar-refractivity contribution is 7.99. The lowest BCUT2D eigenvalue weighted by Gasteiger charge is -1.97. The summed E-state index contributed by atoms with van der Waals surface area (Å²) in [6.45, 7) is 3.63. The molecule has 0 aliphatic rings. The van der Waals surface area contributed by atoms with Crippen LogP contribution in [0.25, 0.3) is 0 Å². The van der Waals surface area contributed by atoms with Crippen LogP contribution in [0.2, 0.25) is 0 Å². The zero-order valence-electron chi connectivity index (χ0n) is 13.0. The molecule has 0 aliphatic heterocycles. The fourth-order valence-corrected chi connectivity index (χ4v) is 2.15. The van der Waals surface area contributed by atoms with Crippen molar-refractivity contribution in [2.24, 2.45) is 0 Å². The summed E-state index contributed by atoms with van der Waals surface area (Å²) in [5.41, 5.74) is -3.00. The van der Waals surface area contributed by atoms with E-state index in [9.17, 15) is 30.3 Å². The molecule has 0 fully saturated rings. The summed E-state index contributed by atoms with van der Waals surface area (Å²) in [7, 11) is 0. The number of nitro groups is 3. The highest BCUT2D eigenvalue weighted by atomic mass is 32.2. The van der Waals surface area contributed by atoms with E-state index in [1.165, 1.54) is 0 Å². The SMILES string of the molecule is C=CCSc1ccccn1.O=[N+]([O-])c1cc([N+](=O)[O-])c(O)c([N+](=O)[O-])c1. The monoisotopic (exact) mass is 380 g/mol. The van der Waals surface area contributed by atoms with Gasteiger partial charge in [-0.05, 0) is 12.1 Å². The minimum Gasteiger partial charge on any atom is -0.497 e. The third kappa shape index (κ3) is 5.83. The van der Waals surface area contributed by atoms with Gasteiger partial charge in [0, 0.05) is 11.9 Å². The van der Waals surface area contributed by atoms with Gasteiger partial charge in [-0.3, -0.25) is 30.3 Å². The van der Waals surface area contributed by atoms with Gasteiger partial charge in [0.15, 0.2) is 0 Å². The molecular weight excluding hydrogens is 368 g/mol. The first-order valence-electron chi connectivity index (χ1n) is 6.72. The first-order chi connectivity index (χ1) is 12.3. The van der Waals surface area contributed by atoms with Gasteiger partial charge in [-0.1, -0.05) is 12.1 Å². The van der Waals surface area contributed by atoms with E-state index in [2.05, 4.69) is 11.6 Å². The number of pyridine rings is 1. The molecule has 2 rings (SSSR count). The molecule has 0 bridgehead atoms. The van der Waals surface area contributed by atoms with Gasteiger partial charge < -0.3 is 5.11 Å². The number of nitrogens with zero attached hydrogens (tertiary/aromatic N) is 4. The standard InChI is InChI=1S/C8H9NS.C6H3N3O7/c1-2-7-10-8-5-3-4-6-9-8;10-6-4(8(13)14)1-3(7(11)12)2-5(6)9(15)16/h2-6H,1,7H2;1-2,10H. The van der Waals surface area contributed by atoms with E-state index in [1.54, 1.807) is 18.0 Å². The average Bonchev–Trinajstić information content (AvgIpc) is 2.60. The van der Waals surface area contributed by atoms with Gasteiger partial charge in [0.05, 0.1) is 31.9 Å². The van der Waals surface area contributed by atoms with Crippen LogP contribution >= 0.6 is 11.8 Å². The van der Waals surface area contributed by atoms with E-state index < -0.39 is 37.6 Å². The topological polar surface area (TPSA) is 163 Å². The summed E-state index contributed by atoms with van der Waals surface area (Å²) in [6, 6.07) is 6.79. The normalized spacial score (nSPS) is 9.54. The molecule has 1 heterocycles. The Labute approximate surface area is 150 Å². The van der Waals surface area contributed by atoms with Crippen molar-refractivity contribution in [3.63, 3.8) is 0 Å². The number of aromatic nitrogens is 1. The third-order valence-electron chi connectivity index (χ3n) is 2.65. The molecule has 0 spiro atoms. The van der Waals surface area contributed by atoms with Crippen LogP contribution in [-0.4, -0.2) is 30.6 Å². The van der Waals surface area contributed by atoms with E-state index in [1.807, 2.05) is 24.3 Å². The van der Waals surface area contributed by atoms with Gasteiger partial charge in [0.25, 0.3) is 11.4 Å². The predicted octanol–water partition coefficient (Wildman–Crippen LogP) is 3.48. The van der Waals surface area contributed by atoms with Crippen LogP contribution in [0.4, 0.5) is 17.1 Å². The molecule has 136 valence electrons. The minimum atomic E-state index is -1.21. The van der Waals surface area contributed by atoms with Crippen molar-refractivity contribution >= 4 is 28.8 Å². The molecule has 0 atom stereocenters. The zero-order valence-corrected chi connectivity index (χ0v) is 13.9. The summed E-state index contributed by atoms with van der Waals surface area (Å²) in [5, 5.41) is 41.3. The molecule has 26 heavy (non-hydrogen) atoms. The molecule has 0 aliphatic carbocycles. The molecule has 0 unspecified atom stereocenters. The zero-order chi connectivity index (χ0) is 19.7. The van der Waals surface area contributed by atoms with Gasteiger partial charge >= 0.3 is 11.4 Å². The van der Waals surface area contributed by atoms with Crippen molar-refractivity contribution < 1.29 is 19.9 Å². The second kappa shape index (κ2) is 9.68. The maximum Gasteiger partial charge on any atom is 0.324 e. The molecule has 0 amide bonds. The molecule has 1 aromatic heterocycles. The lowest BCUT2D eigenvalue weighted by atomic mass is 10.2. The summed E-state index contributed by atoms with van der Waals surface area (Å²) in [5.74, 6) is -0.280. The fourth-order valence-electron chi connectivity index (χ4n) is 1.55. The number of thioether (sulfide) groups is 1. The Bertz CT molecular complexity index is 794. The Morgan fingerprint density at radius 3 is 2.04 bits per heavy atom. The molecule has 1 aromatic carbocycles. The van der Waals surface area contributed by atoms with Gasteiger partial charge in [0.1, 0.15) is 0 Å². The first-order valence-corrected chi connectivity index (χ1v) is 7.71. The molecule has 0 saturated carbocycles. The maximum absolute atomic E-state index is 10.4. The van der Waals surface area contributed by atoms with Crippen molar-refractivity contribution in [3.05, 3.63) is 79.5 Å². The molecule has 0 saturated heterocycles. The number of phenolic OH excluding ortho intramolecular Hbond substituents is 1. The van der Waals surface area contributed by atoms with E-state index in [-0.39, 0.29) is 0 Å². The Hall–Kier alpha value is -3.54. The van der Waals surface area contributed by atoms with Crippen LogP contribution in [0.15, 0.2) is 54.2 Å². The number of phenols is 1. The van der Waals surface area contributed by atoms with Crippen molar-refractivity contribution in [2.45, 2.75) is 5.03 Å². The van der Waals surface area contributed by atoms with Gasteiger partial charge in [0.2, 0.25) is 0 Å². The van der Waals surface area contributed by atoms with Crippen LogP contribution in [0.3, 0.4) is 0 Å². The van der Waals surface area contributed by atoms with Crippen LogP contribution in [0.5, 0.6) is 5.75 Å². The van der Waals surface area contributed by atoms with Crippen LogP contribution in [0.1, 0.15) is 0 Å². The van der Waals surface area contributed by atoms with E-state index in [4.69, 9.17) is 5.11 Å². The summed E-state index contributed by atoms with van der Waals surface area (Å²) in [4.78, 5) is 31.9. The van der Waals surface area contributed by atoms with Gasteiger partial charge in [-0.25, -0.2) is 4.98 Å². The Morgan fingerprint density at radius 1 is 1.08 bits per heavy atom. The number of aromatic hydroxyl groups is 1. The first kappa shape index (κ1) is 20.5. The molecule has 2 aromatic rings. The average molecular weight is 380 g/mol. The quantitative estimate of drug-likeness (QED) is 0.342. The minimum absolute atomic E-state index is 0.447. The van der Waals surface area contributed by atoms with Crippen LogP contribution in [0, 0.1) is 30.3 Å². The van der Waals surface area contributed by atoms with Crippen molar-refractivity contribution in [2.75, 3.05) is 5.75 Å². The van der Waals surface area contributed by atoms with Crippen LogP contribution in [-0.2, 0) is 0 Å². The number of hydrogen-bond acceptors (Lipinski definition) is 9.